The number of imidazole rings is 1. The first-order valence-electron chi connectivity index (χ1n) is 13.6. The van der Waals surface area contributed by atoms with E-state index in [0.717, 1.165) is 39.0 Å². The molecule has 0 atom stereocenters. The minimum atomic E-state index is 0.603. The second kappa shape index (κ2) is 8.37. The summed E-state index contributed by atoms with van der Waals surface area (Å²) in [5, 5.41) is 4.70. The fraction of sp³-hybridized carbons (Fsp3) is 0. The molecule has 9 aromatic rings. The van der Waals surface area contributed by atoms with Crippen LogP contribution in [0, 0.1) is 0 Å². The molecule has 41 heavy (non-hydrogen) atoms. The predicted octanol–water partition coefficient (Wildman–Crippen LogP) is 8.01. The highest BCUT2D eigenvalue weighted by Crippen LogP contribution is 2.41. The summed E-state index contributed by atoms with van der Waals surface area (Å²) in [5.41, 5.74) is 8.14. The first kappa shape index (κ1) is 22.1. The monoisotopic (exact) mass is 526 g/mol. The summed E-state index contributed by atoms with van der Waals surface area (Å²) in [4.78, 5) is 14.6. The van der Waals surface area contributed by atoms with E-state index in [2.05, 4.69) is 117 Å². The minimum absolute atomic E-state index is 0.603. The molecule has 0 radical (unpaired) electrons. The number of fused-ring (bicyclic) bond motifs is 8. The van der Waals surface area contributed by atoms with E-state index >= 15 is 0 Å². The molecule has 0 spiro atoms. The molecule has 0 aliphatic carbocycles. The van der Waals surface area contributed by atoms with Crippen LogP contribution in [0.4, 0.5) is 0 Å². The smallest absolute Gasteiger partial charge is 0.236 e. The van der Waals surface area contributed by atoms with E-state index < -0.39 is 0 Å². The Bertz CT molecular complexity index is 2410. The lowest BCUT2D eigenvalue weighted by Crippen LogP contribution is -2.02. The molecule has 0 aliphatic rings. The van der Waals surface area contributed by atoms with Gasteiger partial charge in [0.25, 0.3) is 0 Å². The van der Waals surface area contributed by atoms with Crippen molar-refractivity contribution in [2.75, 3.05) is 0 Å². The van der Waals surface area contributed by atoms with Crippen LogP contribution in [0.2, 0.25) is 0 Å². The zero-order valence-electron chi connectivity index (χ0n) is 21.9. The third-order valence-corrected chi connectivity index (χ3v) is 8.01. The molecule has 5 aromatic carbocycles. The number of hydrogen-bond acceptors (Lipinski definition) is 3. The van der Waals surface area contributed by atoms with Gasteiger partial charge in [-0.15, -0.1) is 0 Å². The van der Waals surface area contributed by atoms with E-state index in [9.17, 15) is 0 Å². The van der Waals surface area contributed by atoms with Crippen LogP contribution < -0.4 is 0 Å². The molecule has 4 aromatic heterocycles. The Morgan fingerprint density at radius 1 is 0.463 bits per heavy atom. The van der Waals surface area contributed by atoms with E-state index in [1.807, 2.05) is 35.3 Å². The van der Waals surface area contributed by atoms with E-state index in [1.165, 1.54) is 21.5 Å². The molecule has 6 heteroatoms. The Kier molecular flexibility index (Phi) is 4.51. The standard InChI is InChI=1S/C35H22N6/c1-3-11-23(12-4-1)39-22-37-34-31(39)21-36-35(38-34)41-28-17-9-7-15-25(28)26-19-20-30-32(33(26)41)27-16-8-10-18-29(27)40(30)24-13-5-2-6-14-24/h1-22H. The highest BCUT2D eigenvalue weighted by molar-refractivity contribution is 6.26. The Balaban J connectivity index is 1.41. The van der Waals surface area contributed by atoms with Gasteiger partial charge < -0.3 is 4.57 Å². The summed E-state index contributed by atoms with van der Waals surface area (Å²) in [5.74, 6) is 0.603. The van der Waals surface area contributed by atoms with Gasteiger partial charge in [-0.1, -0.05) is 78.9 Å². The summed E-state index contributed by atoms with van der Waals surface area (Å²) in [6, 6.07) is 42.3. The van der Waals surface area contributed by atoms with Crippen molar-refractivity contribution >= 4 is 54.8 Å². The molecule has 0 unspecified atom stereocenters. The van der Waals surface area contributed by atoms with Gasteiger partial charge in [0, 0.05) is 32.9 Å². The van der Waals surface area contributed by atoms with Crippen molar-refractivity contribution in [1.29, 1.82) is 0 Å². The van der Waals surface area contributed by atoms with Crippen molar-refractivity contribution in [2.45, 2.75) is 0 Å². The SMILES string of the molecule is c1ccc(-n2cnc3nc(-n4c5ccccc5c5ccc6c(c7ccccc7n6-c6ccccc6)c54)ncc32)cc1. The van der Waals surface area contributed by atoms with Crippen LogP contribution in [-0.4, -0.2) is 28.7 Å². The second-order valence-corrected chi connectivity index (χ2v) is 10.2. The number of aromatic nitrogens is 6. The highest BCUT2D eigenvalue weighted by atomic mass is 15.2. The van der Waals surface area contributed by atoms with E-state index in [4.69, 9.17) is 9.97 Å². The molecule has 192 valence electrons. The van der Waals surface area contributed by atoms with Crippen LogP contribution in [0.5, 0.6) is 0 Å². The summed E-state index contributed by atoms with van der Waals surface area (Å²) in [6.07, 6.45) is 3.70. The molecule has 0 bridgehead atoms. The van der Waals surface area contributed by atoms with Gasteiger partial charge in [0.1, 0.15) is 11.8 Å². The fourth-order valence-corrected chi connectivity index (χ4v) is 6.27. The maximum absolute atomic E-state index is 5.03. The number of benzene rings is 5. The number of hydrogen-bond donors (Lipinski definition) is 0. The van der Waals surface area contributed by atoms with Gasteiger partial charge in [0.2, 0.25) is 5.95 Å². The van der Waals surface area contributed by atoms with Crippen LogP contribution in [-0.2, 0) is 0 Å². The van der Waals surface area contributed by atoms with Gasteiger partial charge in [-0.05, 0) is 42.5 Å². The first-order valence-corrected chi connectivity index (χ1v) is 13.6. The van der Waals surface area contributed by atoms with Crippen molar-refractivity contribution in [3.8, 4) is 17.3 Å². The second-order valence-electron chi connectivity index (χ2n) is 10.2. The molecule has 0 aliphatic heterocycles. The van der Waals surface area contributed by atoms with Crippen molar-refractivity contribution in [2.24, 2.45) is 0 Å². The summed E-state index contributed by atoms with van der Waals surface area (Å²) >= 11 is 0. The maximum Gasteiger partial charge on any atom is 0.236 e. The molecular formula is C35H22N6. The summed E-state index contributed by atoms with van der Waals surface area (Å²) in [7, 11) is 0. The zero-order valence-corrected chi connectivity index (χ0v) is 21.9. The Labute approximate surface area is 234 Å². The van der Waals surface area contributed by atoms with Crippen LogP contribution in [0.3, 0.4) is 0 Å². The third-order valence-electron chi connectivity index (χ3n) is 8.01. The largest absolute Gasteiger partial charge is 0.309 e. The van der Waals surface area contributed by atoms with Crippen LogP contribution in [0.1, 0.15) is 0 Å². The van der Waals surface area contributed by atoms with E-state index in [0.29, 0.717) is 11.6 Å². The van der Waals surface area contributed by atoms with Gasteiger partial charge in [-0.3, -0.25) is 9.13 Å². The molecular weight excluding hydrogens is 504 g/mol. The quantitative estimate of drug-likeness (QED) is 0.234. The lowest BCUT2D eigenvalue weighted by atomic mass is 10.1. The molecule has 4 heterocycles. The Morgan fingerprint density at radius 3 is 1.90 bits per heavy atom. The van der Waals surface area contributed by atoms with Gasteiger partial charge in [0.05, 0.1) is 28.3 Å². The van der Waals surface area contributed by atoms with Crippen molar-refractivity contribution in [1.82, 2.24) is 28.7 Å². The molecule has 0 fully saturated rings. The van der Waals surface area contributed by atoms with E-state index in [-0.39, 0.29) is 0 Å². The average Bonchev–Trinajstić information content (AvgIpc) is 3.71. The van der Waals surface area contributed by atoms with Gasteiger partial charge >= 0.3 is 0 Å². The van der Waals surface area contributed by atoms with Crippen molar-refractivity contribution in [3.63, 3.8) is 0 Å². The highest BCUT2D eigenvalue weighted by Gasteiger charge is 2.22. The zero-order chi connectivity index (χ0) is 26.9. The van der Waals surface area contributed by atoms with Crippen molar-refractivity contribution in [3.05, 3.63) is 134 Å². The number of nitrogens with zero attached hydrogens (tertiary/aromatic N) is 6. The first-order chi connectivity index (χ1) is 20.4. The average molecular weight is 527 g/mol. The molecule has 6 nitrogen and oxygen atoms in total. The van der Waals surface area contributed by atoms with Gasteiger partial charge in [0.15, 0.2) is 5.65 Å². The van der Waals surface area contributed by atoms with Gasteiger partial charge in [-0.25, -0.2) is 9.97 Å². The Hall–Kier alpha value is -5.75. The molecule has 9 rings (SSSR count). The molecule has 0 N–H and O–H groups in total. The predicted molar refractivity (Wildman–Crippen MR) is 165 cm³/mol. The lowest BCUT2D eigenvalue weighted by Gasteiger charge is -2.09. The fourth-order valence-electron chi connectivity index (χ4n) is 6.27. The maximum atomic E-state index is 5.03. The van der Waals surface area contributed by atoms with Crippen LogP contribution in [0.25, 0.3) is 72.1 Å². The third kappa shape index (κ3) is 3.10. The van der Waals surface area contributed by atoms with Crippen LogP contribution in [0.15, 0.2) is 134 Å². The summed E-state index contributed by atoms with van der Waals surface area (Å²) in [6.45, 7) is 0. The minimum Gasteiger partial charge on any atom is -0.309 e. The number of para-hydroxylation sites is 4. The van der Waals surface area contributed by atoms with Crippen LogP contribution >= 0.6 is 0 Å². The van der Waals surface area contributed by atoms with Gasteiger partial charge in [-0.2, -0.15) is 4.98 Å². The van der Waals surface area contributed by atoms with E-state index in [1.54, 1.807) is 0 Å². The molecule has 0 saturated heterocycles. The molecule has 0 saturated carbocycles. The Morgan fingerprint density at radius 2 is 1.12 bits per heavy atom. The van der Waals surface area contributed by atoms with Crippen molar-refractivity contribution < 1.29 is 0 Å². The summed E-state index contributed by atoms with van der Waals surface area (Å²) < 4.78 is 6.57. The number of rotatable bonds is 3. The normalized spacial score (nSPS) is 11.9. The molecule has 0 amide bonds. The lowest BCUT2D eigenvalue weighted by molar-refractivity contribution is 1.00. The topological polar surface area (TPSA) is 53.5 Å².